The van der Waals surface area contributed by atoms with E-state index in [-0.39, 0.29) is 17.5 Å². The van der Waals surface area contributed by atoms with Gasteiger partial charge in [0.25, 0.3) is 5.91 Å². The Morgan fingerprint density at radius 1 is 1.41 bits per heavy atom. The number of hydrogen-bond donors (Lipinski definition) is 1. The van der Waals surface area contributed by atoms with Gasteiger partial charge in [0, 0.05) is 18.2 Å². The molecule has 1 amide bonds. The Morgan fingerprint density at radius 3 is 2.70 bits per heavy atom. The number of nitrogens with zero attached hydrogens (tertiary/aromatic N) is 2. The number of benzene rings is 1. The van der Waals surface area contributed by atoms with Gasteiger partial charge < -0.3 is 10.1 Å². The van der Waals surface area contributed by atoms with E-state index in [0.717, 1.165) is 0 Å². The SMILES string of the molecule is C=CCNC(=O)C(C)OC(=O)/C=C/c1c(C)nn(-c2ccc(F)cc2)c1Cl. The normalized spacial score (nSPS) is 12.0. The molecule has 0 saturated carbocycles. The second kappa shape index (κ2) is 9.14. The second-order valence-electron chi connectivity index (χ2n) is 5.62. The lowest BCUT2D eigenvalue weighted by atomic mass is 10.2. The molecule has 0 saturated heterocycles. The minimum absolute atomic E-state index is 0.264. The number of hydrogen-bond acceptors (Lipinski definition) is 4. The lowest BCUT2D eigenvalue weighted by molar-refractivity contribution is -0.150. The Bertz CT molecular complexity index is 875. The van der Waals surface area contributed by atoms with E-state index in [0.29, 0.717) is 16.9 Å². The minimum Gasteiger partial charge on any atom is -0.449 e. The molecule has 142 valence electrons. The summed E-state index contributed by atoms with van der Waals surface area (Å²) in [6, 6.07) is 5.68. The van der Waals surface area contributed by atoms with Crippen LogP contribution in [0.1, 0.15) is 18.2 Å². The molecule has 0 bridgehead atoms. The summed E-state index contributed by atoms with van der Waals surface area (Å²) in [4.78, 5) is 23.6. The van der Waals surface area contributed by atoms with E-state index in [9.17, 15) is 14.0 Å². The molecule has 0 radical (unpaired) electrons. The Balaban J connectivity index is 2.10. The predicted octanol–water partition coefficient (Wildman–Crippen LogP) is 3.22. The van der Waals surface area contributed by atoms with Gasteiger partial charge in [-0.3, -0.25) is 4.79 Å². The van der Waals surface area contributed by atoms with Crippen LogP contribution >= 0.6 is 11.6 Å². The highest BCUT2D eigenvalue weighted by atomic mass is 35.5. The first kappa shape index (κ1) is 20.4. The summed E-state index contributed by atoms with van der Waals surface area (Å²) in [5.74, 6) is -1.48. The van der Waals surface area contributed by atoms with Crippen molar-refractivity contribution in [2.45, 2.75) is 20.0 Å². The highest BCUT2D eigenvalue weighted by molar-refractivity contribution is 6.31. The van der Waals surface area contributed by atoms with E-state index in [2.05, 4.69) is 17.0 Å². The van der Waals surface area contributed by atoms with Gasteiger partial charge in [-0.25, -0.2) is 13.9 Å². The molecule has 2 aromatic rings. The predicted molar refractivity (Wildman–Crippen MR) is 101 cm³/mol. The van der Waals surface area contributed by atoms with Crippen molar-refractivity contribution in [1.82, 2.24) is 15.1 Å². The van der Waals surface area contributed by atoms with Crippen LogP contribution in [0.2, 0.25) is 5.15 Å². The molecule has 8 heteroatoms. The fraction of sp³-hybridized carbons (Fsp3) is 0.211. The van der Waals surface area contributed by atoms with Crippen LogP contribution in [0, 0.1) is 12.7 Å². The summed E-state index contributed by atoms with van der Waals surface area (Å²) in [6.45, 7) is 6.97. The van der Waals surface area contributed by atoms with Gasteiger partial charge >= 0.3 is 5.97 Å². The Kier molecular flexibility index (Phi) is 6.90. The average molecular weight is 392 g/mol. The van der Waals surface area contributed by atoms with E-state index in [1.807, 2.05) is 0 Å². The van der Waals surface area contributed by atoms with Crippen molar-refractivity contribution >= 4 is 29.6 Å². The molecule has 0 aliphatic rings. The van der Waals surface area contributed by atoms with Gasteiger partial charge in [-0.05, 0) is 44.2 Å². The van der Waals surface area contributed by atoms with Crippen molar-refractivity contribution < 1.29 is 18.7 Å². The van der Waals surface area contributed by atoms with Crippen LogP contribution < -0.4 is 5.32 Å². The van der Waals surface area contributed by atoms with Crippen LogP contribution in [0.5, 0.6) is 0 Å². The lowest BCUT2D eigenvalue weighted by Gasteiger charge is -2.10. The summed E-state index contributed by atoms with van der Waals surface area (Å²) in [5, 5.41) is 7.10. The molecule has 1 N–H and O–H groups in total. The van der Waals surface area contributed by atoms with E-state index in [1.165, 1.54) is 42.0 Å². The number of rotatable bonds is 7. The third-order valence-corrected chi connectivity index (χ3v) is 3.95. The average Bonchev–Trinajstić information content (AvgIpc) is 2.92. The van der Waals surface area contributed by atoms with Gasteiger partial charge in [0.2, 0.25) is 0 Å². The highest BCUT2D eigenvalue weighted by Crippen LogP contribution is 2.24. The number of aromatic nitrogens is 2. The number of carbonyl (C=O) groups excluding carboxylic acids is 2. The highest BCUT2D eigenvalue weighted by Gasteiger charge is 2.17. The van der Waals surface area contributed by atoms with Crippen molar-refractivity contribution in [1.29, 1.82) is 0 Å². The second-order valence-corrected chi connectivity index (χ2v) is 5.98. The Labute approximate surface area is 161 Å². The van der Waals surface area contributed by atoms with Gasteiger partial charge in [0.15, 0.2) is 6.10 Å². The molecule has 0 fully saturated rings. The third-order valence-electron chi connectivity index (χ3n) is 3.59. The van der Waals surface area contributed by atoms with Crippen molar-refractivity contribution in [3.63, 3.8) is 0 Å². The molecule has 0 aliphatic carbocycles. The van der Waals surface area contributed by atoms with E-state index in [4.69, 9.17) is 16.3 Å². The van der Waals surface area contributed by atoms with Crippen molar-refractivity contribution in [2.75, 3.05) is 6.54 Å². The molecule has 1 heterocycles. The smallest absolute Gasteiger partial charge is 0.331 e. The molecule has 0 aliphatic heterocycles. The maximum Gasteiger partial charge on any atom is 0.331 e. The Hall–Kier alpha value is -2.93. The first-order valence-corrected chi connectivity index (χ1v) is 8.49. The number of ether oxygens (including phenoxy) is 1. The molecule has 27 heavy (non-hydrogen) atoms. The molecular weight excluding hydrogens is 373 g/mol. The maximum absolute atomic E-state index is 13.1. The van der Waals surface area contributed by atoms with Gasteiger partial charge in [0.05, 0.1) is 11.4 Å². The largest absolute Gasteiger partial charge is 0.449 e. The first-order valence-electron chi connectivity index (χ1n) is 8.11. The van der Waals surface area contributed by atoms with Crippen molar-refractivity contribution in [3.8, 4) is 5.69 Å². The molecular formula is C19H19ClFN3O3. The van der Waals surface area contributed by atoms with Crippen molar-refractivity contribution in [2.24, 2.45) is 0 Å². The fourth-order valence-corrected chi connectivity index (χ4v) is 2.52. The van der Waals surface area contributed by atoms with Gasteiger partial charge in [-0.2, -0.15) is 5.10 Å². The van der Waals surface area contributed by atoms with Crippen LogP contribution in [0.4, 0.5) is 4.39 Å². The zero-order valence-corrected chi connectivity index (χ0v) is 15.7. The zero-order valence-electron chi connectivity index (χ0n) is 14.9. The van der Waals surface area contributed by atoms with Crippen LogP contribution in [0.3, 0.4) is 0 Å². The number of nitrogens with one attached hydrogen (secondary N) is 1. The third kappa shape index (κ3) is 5.27. The molecule has 2 rings (SSSR count). The summed E-state index contributed by atoms with van der Waals surface area (Å²) < 4.78 is 19.5. The van der Waals surface area contributed by atoms with Crippen LogP contribution in [-0.2, 0) is 14.3 Å². The topological polar surface area (TPSA) is 73.2 Å². The minimum atomic E-state index is -0.944. The van der Waals surface area contributed by atoms with Crippen LogP contribution in [0.15, 0.2) is 43.0 Å². The van der Waals surface area contributed by atoms with Crippen LogP contribution in [-0.4, -0.2) is 34.3 Å². The maximum atomic E-state index is 13.1. The molecule has 0 spiro atoms. The number of amides is 1. The molecule has 1 aromatic carbocycles. The molecule has 1 atom stereocenters. The zero-order chi connectivity index (χ0) is 20.0. The van der Waals surface area contributed by atoms with Crippen LogP contribution in [0.25, 0.3) is 11.8 Å². The summed E-state index contributed by atoms with van der Waals surface area (Å²) >= 11 is 6.33. The van der Waals surface area contributed by atoms with E-state index in [1.54, 1.807) is 19.1 Å². The molecule has 1 aromatic heterocycles. The number of aryl methyl sites for hydroxylation is 1. The number of esters is 1. The van der Waals surface area contributed by atoms with Gasteiger partial charge in [-0.1, -0.05) is 17.7 Å². The monoisotopic (exact) mass is 391 g/mol. The Morgan fingerprint density at radius 2 is 2.07 bits per heavy atom. The summed E-state index contributed by atoms with van der Waals surface area (Å²) in [6.07, 6.45) is 3.21. The lowest BCUT2D eigenvalue weighted by Crippen LogP contribution is -2.35. The standard InChI is InChI=1S/C19H19ClFN3O3/c1-4-11-22-19(26)13(3)27-17(25)10-9-16-12(2)23-24(18(16)20)15-7-5-14(21)6-8-15/h4-10,13H,1,11H2,2-3H3,(H,22,26)/b10-9+. The van der Waals surface area contributed by atoms with Crippen molar-refractivity contribution in [3.05, 3.63) is 65.2 Å². The van der Waals surface area contributed by atoms with E-state index >= 15 is 0 Å². The number of halogens is 2. The summed E-state index contributed by atoms with van der Waals surface area (Å²) in [7, 11) is 0. The summed E-state index contributed by atoms with van der Waals surface area (Å²) in [5.41, 5.74) is 1.67. The quantitative estimate of drug-likeness (QED) is 0.447. The molecule has 6 nitrogen and oxygen atoms in total. The molecule has 1 unspecified atom stereocenters. The van der Waals surface area contributed by atoms with Gasteiger partial charge in [-0.15, -0.1) is 6.58 Å². The number of carbonyl (C=O) groups is 2. The fourth-order valence-electron chi connectivity index (χ4n) is 2.19. The van der Waals surface area contributed by atoms with Gasteiger partial charge in [0.1, 0.15) is 11.0 Å². The van der Waals surface area contributed by atoms with E-state index < -0.39 is 18.0 Å². The first-order chi connectivity index (χ1) is 12.8.